The van der Waals surface area contributed by atoms with Crippen LogP contribution in [0.3, 0.4) is 0 Å². The Labute approximate surface area is 189 Å². The lowest BCUT2D eigenvalue weighted by Crippen LogP contribution is -2.37. The second-order valence-corrected chi connectivity index (χ2v) is 9.54. The van der Waals surface area contributed by atoms with E-state index in [9.17, 15) is 4.79 Å². The van der Waals surface area contributed by atoms with Gasteiger partial charge in [0.1, 0.15) is 0 Å². The first-order valence-electron chi connectivity index (χ1n) is 13.6. The molecule has 0 aromatic carbocycles. The van der Waals surface area contributed by atoms with Gasteiger partial charge in [-0.1, -0.05) is 123 Å². The van der Waals surface area contributed by atoms with Crippen LogP contribution in [0.25, 0.3) is 0 Å². The van der Waals surface area contributed by atoms with E-state index < -0.39 is 0 Å². The molecule has 0 saturated heterocycles. The van der Waals surface area contributed by atoms with Gasteiger partial charge in [-0.2, -0.15) is 0 Å². The Bertz CT molecular complexity index is 391. The molecule has 2 heteroatoms. The molecule has 0 heterocycles. The molecule has 0 atom stereocenters. The molecule has 1 amide bonds. The van der Waals surface area contributed by atoms with Crippen molar-refractivity contribution in [3.63, 3.8) is 0 Å². The van der Waals surface area contributed by atoms with Gasteiger partial charge in [0.25, 0.3) is 0 Å². The Morgan fingerprint density at radius 3 is 1.33 bits per heavy atom. The first-order chi connectivity index (χ1) is 14.6. The molecule has 2 nitrogen and oxygen atoms in total. The second kappa shape index (κ2) is 21.4. The van der Waals surface area contributed by atoms with Crippen molar-refractivity contribution in [3.05, 3.63) is 12.2 Å². The summed E-state index contributed by atoms with van der Waals surface area (Å²) in [6.07, 6.45) is 30.6. The van der Waals surface area contributed by atoms with Crippen molar-refractivity contribution >= 4 is 5.91 Å². The Morgan fingerprint density at radius 1 is 0.567 bits per heavy atom. The van der Waals surface area contributed by atoms with E-state index >= 15 is 0 Å². The lowest BCUT2D eigenvalue weighted by Gasteiger charge is -2.31. The maximum atomic E-state index is 12.4. The van der Waals surface area contributed by atoms with Gasteiger partial charge in [-0.15, -0.1) is 0 Å². The van der Waals surface area contributed by atoms with Crippen molar-refractivity contribution in [1.29, 1.82) is 0 Å². The highest BCUT2D eigenvalue weighted by atomic mass is 16.1. The van der Waals surface area contributed by atoms with Gasteiger partial charge < -0.3 is 5.73 Å². The molecule has 0 unspecified atom stereocenters. The summed E-state index contributed by atoms with van der Waals surface area (Å²) in [7, 11) is 0. The van der Waals surface area contributed by atoms with Gasteiger partial charge >= 0.3 is 0 Å². The number of hydrogen-bond donors (Lipinski definition) is 1. The fraction of sp³-hybridized carbons (Fsp3) is 0.893. The predicted octanol–water partition coefficient (Wildman–Crippen LogP) is 9.27. The van der Waals surface area contributed by atoms with Gasteiger partial charge in [0.15, 0.2) is 0 Å². The molecular formula is C28H55NO. The van der Waals surface area contributed by atoms with Crippen LogP contribution in [-0.4, -0.2) is 5.91 Å². The van der Waals surface area contributed by atoms with Crippen molar-refractivity contribution in [2.24, 2.45) is 11.1 Å². The third kappa shape index (κ3) is 16.0. The number of hydrogen-bond acceptors (Lipinski definition) is 1. The van der Waals surface area contributed by atoms with Gasteiger partial charge in [-0.3, -0.25) is 4.79 Å². The molecule has 0 spiro atoms. The van der Waals surface area contributed by atoms with Crippen molar-refractivity contribution < 1.29 is 4.79 Å². The lowest BCUT2D eigenvalue weighted by molar-refractivity contribution is -0.129. The zero-order chi connectivity index (χ0) is 22.3. The summed E-state index contributed by atoms with van der Waals surface area (Å²) in [5.74, 6) is -0.0349. The average Bonchev–Trinajstić information content (AvgIpc) is 2.73. The summed E-state index contributed by atoms with van der Waals surface area (Å²) >= 11 is 0. The number of amides is 1. The molecule has 0 bridgehead atoms. The number of primary amides is 1. The van der Waals surface area contributed by atoms with Crippen molar-refractivity contribution in [2.75, 3.05) is 0 Å². The lowest BCUT2D eigenvalue weighted by atomic mass is 9.73. The van der Waals surface area contributed by atoms with Crippen molar-refractivity contribution in [1.82, 2.24) is 0 Å². The van der Waals surface area contributed by atoms with Crippen LogP contribution in [-0.2, 0) is 4.79 Å². The van der Waals surface area contributed by atoms with Gasteiger partial charge in [0, 0.05) is 5.41 Å². The van der Waals surface area contributed by atoms with E-state index in [1.165, 1.54) is 96.3 Å². The highest BCUT2D eigenvalue weighted by Crippen LogP contribution is 2.37. The summed E-state index contributed by atoms with van der Waals surface area (Å²) in [5.41, 5.74) is 5.71. The van der Waals surface area contributed by atoms with E-state index in [2.05, 4.69) is 32.9 Å². The number of carbonyl (C=O) groups is 1. The zero-order valence-corrected chi connectivity index (χ0v) is 21.0. The minimum atomic E-state index is -0.235. The Hall–Kier alpha value is -0.790. The molecule has 30 heavy (non-hydrogen) atoms. The summed E-state index contributed by atoms with van der Waals surface area (Å²) in [4.78, 5) is 12.4. The molecule has 0 aliphatic rings. The fourth-order valence-corrected chi connectivity index (χ4v) is 4.53. The van der Waals surface area contributed by atoms with E-state index in [1.807, 2.05) is 0 Å². The Morgan fingerprint density at radius 2 is 0.900 bits per heavy atom. The Balaban J connectivity index is 4.00. The molecule has 0 aliphatic heterocycles. The van der Waals surface area contributed by atoms with Crippen molar-refractivity contribution in [3.8, 4) is 0 Å². The van der Waals surface area contributed by atoms with Crippen LogP contribution < -0.4 is 5.73 Å². The highest BCUT2D eigenvalue weighted by molar-refractivity contribution is 5.80. The molecule has 0 aromatic rings. The van der Waals surface area contributed by atoms with Crippen LogP contribution in [0.1, 0.15) is 156 Å². The summed E-state index contributed by atoms with van der Waals surface area (Å²) in [5, 5.41) is 0. The SMILES string of the molecule is CCCCCCCC/C=C\CCCCCCC(CCCCC)(CCCCC)C(N)=O. The molecule has 0 radical (unpaired) electrons. The predicted molar refractivity (Wildman–Crippen MR) is 135 cm³/mol. The third-order valence-corrected chi connectivity index (χ3v) is 6.71. The maximum absolute atomic E-state index is 12.4. The quantitative estimate of drug-likeness (QED) is 0.130. The van der Waals surface area contributed by atoms with Crippen LogP contribution >= 0.6 is 0 Å². The van der Waals surface area contributed by atoms with E-state index in [0.717, 1.165) is 38.5 Å². The number of nitrogens with two attached hydrogens (primary N) is 1. The number of carbonyl (C=O) groups excluding carboxylic acids is 1. The number of allylic oxidation sites excluding steroid dienone is 2. The third-order valence-electron chi connectivity index (χ3n) is 6.71. The van der Waals surface area contributed by atoms with E-state index in [1.54, 1.807) is 0 Å². The van der Waals surface area contributed by atoms with Crippen LogP contribution in [0.2, 0.25) is 0 Å². The summed E-state index contributed by atoms with van der Waals surface area (Å²) in [6, 6.07) is 0. The minimum absolute atomic E-state index is 0.0349. The largest absolute Gasteiger partial charge is 0.369 e. The Kier molecular flexibility index (Phi) is 20.9. The zero-order valence-electron chi connectivity index (χ0n) is 21.0. The first kappa shape index (κ1) is 29.2. The van der Waals surface area contributed by atoms with Crippen LogP contribution in [0, 0.1) is 5.41 Å². The van der Waals surface area contributed by atoms with Crippen molar-refractivity contribution in [2.45, 2.75) is 156 Å². The molecule has 0 rings (SSSR count). The molecular weight excluding hydrogens is 366 g/mol. The average molecular weight is 422 g/mol. The summed E-state index contributed by atoms with van der Waals surface area (Å²) < 4.78 is 0. The molecule has 2 N–H and O–H groups in total. The van der Waals surface area contributed by atoms with Crippen LogP contribution in [0.15, 0.2) is 12.2 Å². The molecule has 0 saturated carbocycles. The molecule has 0 fully saturated rings. The number of rotatable bonds is 23. The fourth-order valence-electron chi connectivity index (χ4n) is 4.53. The van der Waals surface area contributed by atoms with Gasteiger partial charge in [0.05, 0.1) is 0 Å². The number of unbranched alkanes of at least 4 members (excludes halogenated alkanes) is 14. The van der Waals surface area contributed by atoms with Crippen LogP contribution in [0.4, 0.5) is 0 Å². The molecule has 0 aromatic heterocycles. The molecule has 0 aliphatic carbocycles. The highest BCUT2D eigenvalue weighted by Gasteiger charge is 2.34. The van der Waals surface area contributed by atoms with E-state index in [0.29, 0.717) is 0 Å². The standard InChI is InChI=1S/C28H55NO/c1-4-7-10-11-12-13-14-15-16-17-18-19-20-23-26-28(27(29)30,24-21-8-5-2)25-22-9-6-3/h15-16H,4-14,17-26H2,1-3H3,(H2,29,30)/b16-15-. The monoisotopic (exact) mass is 421 g/mol. The van der Waals surface area contributed by atoms with Gasteiger partial charge in [-0.25, -0.2) is 0 Å². The van der Waals surface area contributed by atoms with E-state index in [-0.39, 0.29) is 11.3 Å². The topological polar surface area (TPSA) is 43.1 Å². The minimum Gasteiger partial charge on any atom is -0.369 e. The van der Waals surface area contributed by atoms with E-state index in [4.69, 9.17) is 5.73 Å². The first-order valence-corrected chi connectivity index (χ1v) is 13.6. The summed E-state index contributed by atoms with van der Waals surface area (Å²) in [6.45, 7) is 6.73. The maximum Gasteiger partial charge on any atom is 0.223 e. The second-order valence-electron chi connectivity index (χ2n) is 9.54. The normalized spacial score (nSPS) is 12.1. The van der Waals surface area contributed by atoms with Gasteiger partial charge in [0.2, 0.25) is 5.91 Å². The van der Waals surface area contributed by atoms with Gasteiger partial charge in [-0.05, 0) is 44.9 Å². The smallest absolute Gasteiger partial charge is 0.223 e. The van der Waals surface area contributed by atoms with Crippen LogP contribution in [0.5, 0.6) is 0 Å². The molecule has 178 valence electrons.